The van der Waals surface area contributed by atoms with Crippen LogP contribution in [0.2, 0.25) is 0 Å². The number of aromatic nitrogens is 5. The molecule has 1 aliphatic rings. The highest BCUT2D eigenvalue weighted by molar-refractivity contribution is 5.69. The number of carbonyl (C=O) groups excluding carboxylic acids is 1. The first-order valence-electron chi connectivity index (χ1n) is 11.0. The van der Waals surface area contributed by atoms with Gasteiger partial charge >= 0.3 is 6.09 Å². The second kappa shape index (κ2) is 9.13. The molecule has 2 N–H and O–H groups in total. The Morgan fingerprint density at radius 1 is 1.24 bits per heavy atom. The summed E-state index contributed by atoms with van der Waals surface area (Å²) >= 11 is 0. The molecule has 0 fully saturated rings. The van der Waals surface area contributed by atoms with E-state index in [2.05, 4.69) is 30.7 Å². The number of halogens is 1. The van der Waals surface area contributed by atoms with E-state index in [4.69, 9.17) is 4.74 Å². The minimum atomic E-state index is -0.604. The summed E-state index contributed by atoms with van der Waals surface area (Å²) in [6, 6.07) is 3.19. The zero-order chi connectivity index (χ0) is 23.6. The standard InChI is InChI=1S/C23H28FN7O2/c1-23(2,3)33-22(32)29-18-8-6-5-7-16-15(18)9-10-17(19(16)24)20-25-13-26-21(30-20)28-14-11-27-31(4)12-14/h9-13,18H,5-8H2,1-4H3,(H,29,32)(H,25,26,28,30)/t18-/m1/s1. The second-order valence-electron chi connectivity index (χ2n) is 9.10. The highest BCUT2D eigenvalue weighted by atomic mass is 19.1. The number of anilines is 2. The van der Waals surface area contributed by atoms with E-state index in [-0.39, 0.29) is 17.7 Å². The van der Waals surface area contributed by atoms with E-state index in [1.165, 1.54) is 6.33 Å². The summed E-state index contributed by atoms with van der Waals surface area (Å²) in [4.78, 5) is 25.0. The normalized spacial score (nSPS) is 16.0. The van der Waals surface area contributed by atoms with E-state index >= 15 is 4.39 Å². The van der Waals surface area contributed by atoms with Crippen LogP contribution in [-0.4, -0.2) is 36.4 Å². The van der Waals surface area contributed by atoms with Gasteiger partial charge in [0.2, 0.25) is 5.95 Å². The first-order chi connectivity index (χ1) is 15.7. The van der Waals surface area contributed by atoms with Crippen LogP contribution in [0, 0.1) is 5.82 Å². The number of hydrogen-bond donors (Lipinski definition) is 2. The third-order valence-corrected chi connectivity index (χ3v) is 5.29. The van der Waals surface area contributed by atoms with Crippen LogP contribution in [0.5, 0.6) is 0 Å². The molecule has 0 saturated carbocycles. The Balaban J connectivity index is 1.61. The third-order valence-electron chi connectivity index (χ3n) is 5.29. The van der Waals surface area contributed by atoms with E-state index < -0.39 is 11.7 Å². The van der Waals surface area contributed by atoms with Crippen molar-refractivity contribution in [3.63, 3.8) is 0 Å². The van der Waals surface area contributed by atoms with Gasteiger partial charge in [0, 0.05) is 13.2 Å². The molecule has 1 amide bonds. The molecule has 4 rings (SSSR count). The maximum absolute atomic E-state index is 15.7. The van der Waals surface area contributed by atoms with E-state index in [9.17, 15) is 4.79 Å². The highest BCUT2D eigenvalue weighted by Gasteiger charge is 2.27. The van der Waals surface area contributed by atoms with E-state index in [1.54, 1.807) is 30.2 Å². The van der Waals surface area contributed by atoms with Crippen LogP contribution in [0.4, 0.5) is 20.8 Å². The number of fused-ring (bicyclic) bond motifs is 1. The fourth-order valence-electron chi connectivity index (χ4n) is 3.90. The second-order valence-corrected chi connectivity index (χ2v) is 9.10. The molecule has 1 aliphatic carbocycles. The van der Waals surface area contributed by atoms with Gasteiger partial charge in [-0.15, -0.1) is 0 Å². The van der Waals surface area contributed by atoms with Crippen molar-refractivity contribution in [1.29, 1.82) is 0 Å². The summed E-state index contributed by atoms with van der Waals surface area (Å²) in [6.45, 7) is 5.43. The summed E-state index contributed by atoms with van der Waals surface area (Å²) in [5, 5.41) is 10.0. The molecule has 0 saturated heterocycles. The van der Waals surface area contributed by atoms with Gasteiger partial charge in [0.15, 0.2) is 5.82 Å². The molecule has 174 valence electrons. The lowest BCUT2D eigenvalue weighted by molar-refractivity contribution is 0.0501. The van der Waals surface area contributed by atoms with E-state index in [0.717, 1.165) is 24.8 Å². The van der Waals surface area contributed by atoms with Gasteiger partial charge in [0.1, 0.15) is 17.7 Å². The van der Waals surface area contributed by atoms with Crippen LogP contribution in [0.15, 0.2) is 30.9 Å². The van der Waals surface area contributed by atoms with E-state index in [0.29, 0.717) is 29.2 Å². The minimum Gasteiger partial charge on any atom is -0.444 e. The van der Waals surface area contributed by atoms with Gasteiger partial charge in [-0.25, -0.2) is 19.2 Å². The molecule has 3 aromatic rings. The molecule has 2 heterocycles. The fraction of sp³-hybridized carbons (Fsp3) is 0.435. The number of alkyl carbamates (subject to hydrolysis) is 1. The van der Waals surface area contributed by atoms with Crippen molar-refractivity contribution in [2.24, 2.45) is 7.05 Å². The van der Waals surface area contributed by atoms with Gasteiger partial charge < -0.3 is 15.4 Å². The molecule has 2 aromatic heterocycles. The number of hydrogen-bond acceptors (Lipinski definition) is 7. The molecule has 0 unspecified atom stereocenters. The Bertz CT molecular complexity index is 1160. The lowest BCUT2D eigenvalue weighted by Gasteiger charge is -2.24. The van der Waals surface area contributed by atoms with Crippen LogP contribution in [0.25, 0.3) is 11.4 Å². The number of rotatable bonds is 4. The van der Waals surface area contributed by atoms with Crippen molar-refractivity contribution in [1.82, 2.24) is 30.0 Å². The molecule has 0 aliphatic heterocycles. The van der Waals surface area contributed by atoms with Crippen molar-refractivity contribution < 1.29 is 13.9 Å². The molecule has 1 aromatic carbocycles. The molecule has 0 bridgehead atoms. The van der Waals surface area contributed by atoms with Crippen LogP contribution >= 0.6 is 0 Å². The SMILES string of the molecule is Cn1cc(Nc2ncnc(-c3ccc4c(c3F)CCCC[C@H]4NC(=O)OC(C)(C)C)n2)cn1. The Hall–Kier alpha value is -3.56. The van der Waals surface area contributed by atoms with Gasteiger partial charge in [-0.3, -0.25) is 4.68 Å². The maximum Gasteiger partial charge on any atom is 0.408 e. The Morgan fingerprint density at radius 2 is 2.06 bits per heavy atom. The average Bonchev–Trinajstić information content (AvgIpc) is 3.02. The molecule has 33 heavy (non-hydrogen) atoms. The highest BCUT2D eigenvalue weighted by Crippen LogP contribution is 2.34. The number of carbonyl (C=O) groups is 1. The van der Waals surface area contributed by atoms with Gasteiger partial charge in [0.05, 0.1) is 23.5 Å². The molecule has 0 spiro atoms. The van der Waals surface area contributed by atoms with Crippen LogP contribution < -0.4 is 10.6 Å². The number of aryl methyl sites for hydroxylation is 1. The number of nitrogens with zero attached hydrogens (tertiary/aromatic N) is 5. The predicted octanol–water partition coefficient (Wildman–Crippen LogP) is 4.45. The Morgan fingerprint density at radius 3 is 2.79 bits per heavy atom. The number of ether oxygens (including phenoxy) is 1. The lowest BCUT2D eigenvalue weighted by Crippen LogP contribution is -2.35. The molecule has 1 atom stereocenters. The summed E-state index contributed by atoms with van der Waals surface area (Å²) in [5.74, 6) is 0.160. The quantitative estimate of drug-likeness (QED) is 0.562. The first-order valence-corrected chi connectivity index (χ1v) is 11.0. The summed E-state index contributed by atoms with van der Waals surface area (Å²) < 4.78 is 22.7. The van der Waals surface area contributed by atoms with Gasteiger partial charge in [-0.1, -0.05) is 12.5 Å². The van der Waals surface area contributed by atoms with Gasteiger partial charge in [-0.05, 0) is 57.2 Å². The predicted molar refractivity (Wildman–Crippen MR) is 121 cm³/mol. The summed E-state index contributed by atoms with van der Waals surface area (Å²) in [6.07, 6.45) is 7.25. The lowest BCUT2D eigenvalue weighted by atomic mass is 9.95. The monoisotopic (exact) mass is 453 g/mol. The smallest absolute Gasteiger partial charge is 0.408 e. The Kier molecular flexibility index (Phi) is 6.26. The molecule has 10 heteroatoms. The fourth-order valence-corrected chi connectivity index (χ4v) is 3.90. The topological polar surface area (TPSA) is 107 Å². The maximum atomic E-state index is 15.7. The molecular formula is C23H28FN7O2. The molecular weight excluding hydrogens is 425 g/mol. The van der Waals surface area contributed by atoms with Crippen molar-refractivity contribution in [3.05, 3.63) is 47.8 Å². The largest absolute Gasteiger partial charge is 0.444 e. The van der Waals surface area contributed by atoms with Crippen LogP contribution in [-0.2, 0) is 18.2 Å². The first kappa shape index (κ1) is 22.6. The summed E-state index contributed by atoms with van der Waals surface area (Å²) in [7, 11) is 1.81. The molecule has 9 nitrogen and oxygen atoms in total. The summed E-state index contributed by atoms with van der Waals surface area (Å²) in [5.41, 5.74) is 1.75. The van der Waals surface area contributed by atoms with Crippen LogP contribution in [0.3, 0.4) is 0 Å². The van der Waals surface area contributed by atoms with Crippen molar-refractivity contribution in [2.45, 2.75) is 58.1 Å². The van der Waals surface area contributed by atoms with Crippen molar-refractivity contribution >= 4 is 17.7 Å². The third kappa shape index (κ3) is 5.44. The van der Waals surface area contributed by atoms with Crippen molar-refractivity contribution in [3.8, 4) is 11.4 Å². The Labute approximate surface area is 191 Å². The number of benzene rings is 1. The van der Waals surface area contributed by atoms with Gasteiger partial charge in [-0.2, -0.15) is 10.1 Å². The minimum absolute atomic E-state index is 0.234. The van der Waals surface area contributed by atoms with Crippen LogP contribution in [0.1, 0.15) is 57.2 Å². The van der Waals surface area contributed by atoms with Crippen molar-refractivity contribution in [2.75, 3.05) is 5.32 Å². The zero-order valence-corrected chi connectivity index (χ0v) is 19.2. The zero-order valence-electron chi connectivity index (χ0n) is 19.2. The average molecular weight is 454 g/mol. The number of amides is 1. The van der Waals surface area contributed by atoms with E-state index in [1.807, 2.05) is 26.8 Å². The molecule has 0 radical (unpaired) electrons. The van der Waals surface area contributed by atoms with Gasteiger partial charge in [0.25, 0.3) is 0 Å². The number of nitrogens with one attached hydrogen (secondary N) is 2.